The standard InChI is InChI=1S/C12H16O5S/c1-8-6-9(2)12(17-3)10(7-8)18(15,16)5-4-11(13)14/h6-7H,4-5H2,1-3H3,(H,13,14). The summed E-state index contributed by atoms with van der Waals surface area (Å²) >= 11 is 0. The Kier molecular flexibility index (Phi) is 4.34. The molecule has 1 aromatic rings. The van der Waals surface area contributed by atoms with E-state index in [1.54, 1.807) is 13.8 Å². The number of ether oxygens (including phenoxy) is 1. The number of carboxylic acid groups (broad SMARTS) is 1. The van der Waals surface area contributed by atoms with Crippen LogP contribution in [0.5, 0.6) is 5.75 Å². The number of aryl methyl sites for hydroxylation is 2. The molecular formula is C12H16O5S. The van der Waals surface area contributed by atoms with Gasteiger partial charge in [-0.15, -0.1) is 0 Å². The highest BCUT2D eigenvalue weighted by atomic mass is 32.2. The molecule has 0 bridgehead atoms. The van der Waals surface area contributed by atoms with Gasteiger partial charge >= 0.3 is 5.97 Å². The van der Waals surface area contributed by atoms with E-state index in [0.29, 0.717) is 5.56 Å². The number of methoxy groups -OCH3 is 1. The van der Waals surface area contributed by atoms with Crippen LogP contribution in [-0.2, 0) is 14.6 Å². The van der Waals surface area contributed by atoms with Gasteiger partial charge < -0.3 is 9.84 Å². The summed E-state index contributed by atoms with van der Waals surface area (Å²) in [6, 6.07) is 3.32. The molecule has 1 aromatic carbocycles. The van der Waals surface area contributed by atoms with Crippen LogP contribution in [0.3, 0.4) is 0 Å². The molecule has 0 saturated carbocycles. The van der Waals surface area contributed by atoms with Gasteiger partial charge in [-0.2, -0.15) is 0 Å². The third kappa shape index (κ3) is 3.22. The minimum atomic E-state index is -3.65. The van der Waals surface area contributed by atoms with Crippen LogP contribution in [0.15, 0.2) is 17.0 Å². The quantitative estimate of drug-likeness (QED) is 0.879. The first-order valence-electron chi connectivity index (χ1n) is 5.37. The Morgan fingerprint density at radius 2 is 1.94 bits per heavy atom. The van der Waals surface area contributed by atoms with Gasteiger partial charge in [-0.25, -0.2) is 8.42 Å². The summed E-state index contributed by atoms with van der Waals surface area (Å²) in [5, 5.41) is 8.56. The van der Waals surface area contributed by atoms with E-state index in [4.69, 9.17) is 9.84 Å². The van der Waals surface area contributed by atoms with E-state index >= 15 is 0 Å². The summed E-state index contributed by atoms with van der Waals surface area (Å²) in [7, 11) is -2.25. The largest absolute Gasteiger partial charge is 0.495 e. The zero-order valence-electron chi connectivity index (χ0n) is 10.6. The fourth-order valence-corrected chi connectivity index (χ4v) is 3.30. The summed E-state index contributed by atoms with van der Waals surface area (Å²) in [4.78, 5) is 10.5. The Hall–Kier alpha value is -1.56. The summed E-state index contributed by atoms with van der Waals surface area (Å²) < 4.78 is 29.3. The van der Waals surface area contributed by atoms with Gasteiger partial charge in [0, 0.05) is 0 Å². The molecule has 0 amide bonds. The lowest BCUT2D eigenvalue weighted by Crippen LogP contribution is -2.12. The Morgan fingerprint density at radius 3 is 2.44 bits per heavy atom. The van der Waals surface area contributed by atoms with Gasteiger partial charge in [-0.1, -0.05) is 6.07 Å². The van der Waals surface area contributed by atoms with Crippen molar-refractivity contribution in [3.8, 4) is 5.75 Å². The monoisotopic (exact) mass is 272 g/mol. The first-order chi connectivity index (χ1) is 8.27. The molecule has 0 aliphatic heterocycles. The lowest BCUT2D eigenvalue weighted by molar-refractivity contribution is -0.136. The number of carbonyl (C=O) groups is 1. The second kappa shape index (κ2) is 5.39. The first kappa shape index (κ1) is 14.5. The fraction of sp³-hybridized carbons (Fsp3) is 0.417. The number of benzene rings is 1. The molecular weight excluding hydrogens is 256 g/mol. The Labute approximate surface area is 106 Å². The summed E-state index contributed by atoms with van der Waals surface area (Å²) in [6.07, 6.45) is -0.418. The predicted octanol–water partition coefficient (Wildman–Crippen LogP) is 1.56. The Bertz CT molecular complexity index is 560. The highest BCUT2D eigenvalue weighted by molar-refractivity contribution is 7.91. The van der Waals surface area contributed by atoms with Crippen molar-refractivity contribution >= 4 is 15.8 Å². The summed E-state index contributed by atoms with van der Waals surface area (Å²) in [5.74, 6) is -1.28. The minimum absolute atomic E-state index is 0.0590. The maximum Gasteiger partial charge on any atom is 0.304 e. The average molecular weight is 272 g/mol. The predicted molar refractivity (Wildman–Crippen MR) is 66.8 cm³/mol. The third-order valence-electron chi connectivity index (χ3n) is 2.51. The van der Waals surface area contributed by atoms with E-state index in [1.165, 1.54) is 13.2 Å². The zero-order chi connectivity index (χ0) is 13.9. The van der Waals surface area contributed by atoms with E-state index in [0.717, 1.165) is 5.56 Å². The zero-order valence-corrected chi connectivity index (χ0v) is 11.4. The smallest absolute Gasteiger partial charge is 0.304 e. The number of hydrogen-bond acceptors (Lipinski definition) is 4. The van der Waals surface area contributed by atoms with E-state index in [-0.39, 0.29) is 10.6 Å². The van der Waals surface area contributed by atoms with Gasteiger partial charge in [0.25, 0.3) is 0 Å². The van der Waals surface area contributed by atoms with E-state index in [2.05, 4.69) is 0 Å². The highest BCUT2D eigenvalue weighted by Gasteiger charge is 2.22. The number of hydrogen-bond donors (Lipinski definition) is 1. The van der Waals surface area contributed by atoms with E-state index in [1.807, 2.05) is 6.07 Å². The van der Waals surface area contributed by atoms with Crippen molar-refractivity contribution in [3.05, 3.63) is 23.3 Å². The number of sulfone groups is 1. The maximum absolute atomic E-state index is 12.1. The van der Waals surface area contributed by atoms with Crippen molar-refractivity contribution in [1.29, 1.82) is 0 Å². The van der Waals surface area contributed by atoms with Crippen LogP contribution in [0, 0.1) is 13.8 Å². The molecule has 100 valence electrons. The molecule has 0 spiro atoms. The van der Waals surface area contributed by atoms with Crippen LogP contribution in [0.1, 0.15) is 17.5 Å². The average Bonchev–Trinajstić information content (AvgIpc) is 2.25. The van der Waals surface area contributed by atoms with Crippen molar-refractivity contribution in [2.75, 3.05) is 12.9 Å². The molecule has 18 heavy (non-hydrogen) atoms. The molecule has 0 unspecified atom stereocenters. The lowest BCUT2D eigenvalue weighted by Gasteiger charge is -2.12. The van der Waals surface area contributed by atoms with Crippen molar-refractivity contribution in [2.24, 2.45) is 0 Å². The molecule has 0 heterocycles. The topological polar surface area (TPSA) is 80.7 Å². The second-order valence-corrected chi connectivity index (χ2v) is 6.15. The number of carboxylic acids is 1. The van der Waals surface area contributed by atoms with Crippen LogP contribution >= 0.6 is 0 Å². The van der Waals surface area contributed by atoms with Crippen molar-refractivity contribution in [1.82, 2.24) is 0 Å². The molecule has 1 N–H and O–H groups in total. The molecule has 5 nitrogen and oxygen atoms in total. The van der Waals surface area contributed by atoms with E-state index < -0.39 is 28.0 Å². The minimum Gasteiger partial charge on any atom is -0.495 e. The Balaban J connectivity index is 3.27. The molecule has 6 heteroatoms. The second-order valence-electron chi connectivity index (χ2n) is 4.08. The molecule has 1 rings (SSSR count). The molecule has 0 aromatic heterocycles. The van der Waals surface area contributed by atoms with Crippen LogP contribution < -0.4 is 4.74 Å². The number of rotatable bonds is 5. The normalized spacial score (nSPS) is 11.3. The molecule has 0 aliphatic rings. The van der Waals surface area contributed by atoms with Gasteiger partial charge in [-0.05, 0) is 31.0 Å². The van der Waals surface area contributed by atoms with Crippen LogP contribution in [-0.4, -0.2) is 32.4 Å². The first-order valence-corrected chi connectivity index (χ1v) is 7.03. The van der Waals surface area contributed by atoms with Crippen LogP contribution in [0.25, 0.3) is 0 Å². The van der Waals surface area contributed by atoms with Gasteiger partial charge in [0.15, 0.2) is 9.84 Å². The van der Waals surface area contributed by atoms with Crippen molar-refractivity contribution in [3.63, 3.8) is 0 Å². The summed E-state index contributed by atoms with van der Waals surface area (Å²) in [5.41, 5.74) is 1.51. The summed E-state index contributed by atoms with van der Waals surface area (Å²) in [6.45, 7) is 3.53. The molecule has 0 saturated heterocycles. The van der Waals surface area contributed by atoms with Crippen LogP contribution in [0.4, 0.5) is 0 Å². The molecule has 0 atom stereocenters. The fourth-order valence-electron chi connectivity index (χ4n) is 1.74. The van der Waals surface area contributed by atoms with Gasteiger partial charge in [0.05, 0.1) is 19.3 Å². The van der Waals surface area contributed by atoms with Crippen molar-refractivity contribution in [2.45, 2.75) is 25.2 Å². The Morgan fingerprint density at radius 1 is 1.33 bits per heavy atom. The van der Waals surface area contributed by atoms with Gasteiger partial charge in [0.1, 0.15) is 10.6 Å². The number of aliphatic carboxylic acids is 1. The molecule has 0 radical (unpaired) electrons. The van der Waals surface area contributed by atoms with Gasteiger partial charge in [0.2, 0.25) is 0 Å². The SMILES string of the molecule is COc1c(C)cc(C)cc1S(=O)(=O)CCC(=O)O. The lowest BCUT2D eigenvalue weighted by atomic mass is 10.1. The van der Waals surface area contributed by atoms with Crippen LogP contribution in [0.2, 0.25) is 0 Å². The maximum atomic E-state index is 12.1. The van der Waals surface area contributed by atoms with E-state index in [9.17, 15) is 13.2 Å². The highest BCUT2D eigenvalue weighted by Crippen LogP contribution is 2.30. The van der Waals surface area contributed by atoms with Crippen molar-refractivity contribution < 1.29 is 23.1 Å². The molecule has 0 fully saturated rings. The third-order valence-corrected chi connectivity index (χ3v) is 4.22. The molecule has 0 aliphatic carbocycles. The van der Waals surface area contributed by atoms with Gasteiger partial charge in [-0.3, -0.25) is 4.79 Å².